The fourth-order valence-corrected chi connectivity index (χ4v) is 4.38. The van der Waals surface area contributed by atoms with E-state index in [0.29, 0.717) is 6.54 Å². The predicted molar refractivity (Wildman–Crippen MR) is 133 cm³/mol. The Hall–Kier alpha value is -3.48. The van der Waals surface area contributed by atoms with E-state index in [9.17, 15) is 9.59 Å². The predicted octanol–water partition coefficient (Wildman–Crippen LogP) is 4.13. The maximum absolute atomic E-state index is 12.6. The summed E-state index contributed by atoms with van der Waals surface area (Å²) >= 11 is 0. The van der Waals surface area contributed by atoms with E-state index in [4.69, 9.17) is 10.5 Å². The summed E-state index contributed by atoms with van der Waals surface area (Å²) in [5.41, 5.74) is 9.34. The van der Waals surface area contributed by atoms with E-state index in [-0.39, 0.29) is 30.4 Å². The van der Waals surface area contributed by atoms with E-state index in [1.807, 2.05) is 84.9 Å². The Balaban J connectivity index is 1.31. The molecule has 3 N–H and O–H groups in total. The first-order chi connectivity index (χ1) is 16.6. The second-order valence-corrected chi connectivity index (χ2v) is 8.73. The first-order valence-electron chi connectivity index (χ1n) is 11.7. The van der Waals surface area contributed by atoms with E-state index in [2.05, 4.69) is 10.2 Å². The fraction of sp³-hybridized carbons (Fsp3) is 0.286. The Kier molecular flexibility index (Phi) is 8.07. The smallest absolute Gasteiger partial charge is 0.250 e. The van der Waals surface area contributed by atoms with Gasteiger partial charge in [0.2, 0.25) is 11.8 Å². The van der Waals surface area contributed by atoms with Crippen molar-refractivity contribution in [3.8, 4) is 0 Å². The van der Waals surface area contributed by atoms with Crippen molar-refractivity contribution in [2.24, 2.45) is 11.7 Å². The normalized spacial score (nSPS) is 16.3. The average Bonchev–Trinajstić information content (AvgIpc) is 2.87. The molecule has 0 aliphatic carbocycles. The quantitative estimate of drug-likeness (QED) is 0.506. The van der Waals surface area contributed by atoms with Crippen molar-refractivity contribution >= 4 is 17.5 Å². The summed E-state index contributed by atoms with van der Waals surface area (Å²) in [6.45, 7) is 2.37. The van der Waals surface area contributed by atoms with Crippen molar-refractivity contribution in [3.63, 3.8) is 0 Å². The number of primary amides is 1. The van der Waals surface area contributed by atoms with Crippen LogP contribution in [0.5, 0.6) is 0 Å². The molecule has 4 rings (SSSR count). The van der Waals surface area contributed by atoms with Gasteiger partial charge in [-0.3, -0.25) is 14.5 Å². The zero-order valence-corrected chi connectivity index (χ0v) is 19.2. The first-order valence-corrected chi connectivity index (χ1v) is 11.7. The van der Waals surface area contributed by atoms with Crippen LogP contribution in [-0.4, -0.2) is 36.4 Å². The summed E-state index contributed by atoms with van der Waals surface area (Å²) in [5.74, 6) is -0.486. The molecule has 0 spiro atoms. The number of carbonyl (C=O) groups is 2. The molecule has 1 heterocycles. The standard InChI is InChI=1S/C28H31N3O3/c29-28(33)24-12-7-17-31(19-24)18-21-13-15-25(16-14-21)30-26(32)20-34-27(22-8-3-1-4-9-22)23-10-5-2-6-11-23/h1-6,8-11,13-16,24,27H,7,12,17-20H2,(H2,29,33)(H,30,32). The van der Waals surface area contributed by atoms with Crippen LogP contribution in [0, 0.1) is 5.92 Å². The highest BCUT2D eigenvalue weighted by molar-refractivity contribution is 5.91. The number of nitrogens with one attached hydrogen (secondary N) is 1. The molecule has 0 bridgehead atoms. The molecule has 1 aliphatic rings. The lowest BCUT2D eigenvalue weighted by Gasteiger charge is -2.31. The third-order valence-electron chi connectivity index (χ3n) is 6.14. The van der Waals surface area contributed by atoms with Crippen LogP contribution in [0.2, 0.25) is 0 Å². The third-order valence-corrected chi connectivity index (χ3v) is 6.14. The molecule has 1 atom stereocenters. The number of rotatable bonds is 9. The van der Waals surface area contributed by atoms with E-state index in [1.165, 1.54) is 0 Å². The largest absolute Gasteiger partial charge is 0.369 e. The molecule has 0 aromatic heterocycles. The van der Waals surface area contributed by atoms with Gasteiger partial charge in [-0.15, -0.1) is 0 Å². The number of nitrogens with zero attached hydrogens (tertiary/aromatic N) is 1. The summed E-state index contributed by atoms with van der Waals surface area (Å²) in [4.78, 5) is 26.4. The van der Waals surface area contributed by atoms with Crippen LogP contribution in [0.15, 0.2) is 84.9 Å². The van der Waals surface area contributed by atoms with E-state index in [0.717, 1.165) is 48.3 Å². The molecular formula is C28H31N3O3. The van der Waals surface area contributed by atoms with Gasteiger partial charge in [-0.1, -0.05) is 72.8 Å². The molecule has 3 aromatic carbocycles. The Bertz CT molecular complexity index is 1030. The second-order valence-electron chi connectivity index (χ2n) is 8.73. The Morgan fingerprint density at radius 2 is 1.56 bits per heavy atom. The molecular weight excluding hydrogens is 426 g/mol. The number of piperidine rings is 1. The second kappa shape index (κ2) is 11.6. The van der Waals surface area contributed by atoms with E-state index < -0.39 is 0 Å². The fourth-order valence-electron chi connectivity index (χ4n) is 4.38. The maximum atomic E-state index is 12.6. The highest BCUT2D eigenvalue weighted by atomic mass is 16.5. The van der Waals surface area contributed by atoms with Crippen molar-refractivity contribution in [1.29, 1.82) is 0 Å². The molecule has 0 radical (unpaired) electrons. The van der Waals surface area contributed by atoms with Gasteiger partial charge in [0.1, 0.15) is 12.7 Å². The Labute approximate surface area is 200 Å². The van der Waals surface area contributed by atoms with Crippen molar-refractivity contribution in [1.82, 2.24) is 4.90 Å². The van der Waals surface area contributed by atoms with Crippen molar-refractivity contribution in [2.75, 3.05) is 25.0 Å². The summed E-state index contributed by atoms with van der Waals surface area (Å²) in [6.07, 6.45) is 1.53. The number of anilines is 1. The van der Waals surface area contributed by atoms with E-state index >= 15 is 0 Å². The maximum Gasteiger partial charge on any atom is 0.250 e. The van der Waals surface area contributed by atoms with Crippen LogP contribution in [0.25, 0.3) is 0 Å². The minimum Gasteiger partial charge on any atom is -0.369 e. The lowest BCUT2D eigenvalue weighted by Crippen LogP contribution is -2.40. The number of nitrogens with two attached hydrogens (primary N) is 1. The monoisotopic (exact) mass is 457 g/mol. The minimum absolute atomic E-state index is 0.0571. The molecule has 6 nitrogen and oxygen atoms in total. The highest BCUT2D eigenvalue weighted by Crippen LogP contribution is 2.26. The lowest BCUT2D eigenvalue weighted by molar-refractivity contribution is -0.123. The molecule has 6 heteroatoms. The number of hydrogen-bond donors (Lipinski definition) is 2. The summed E-state index contributed by atoms with van der Waals surface area (Å²) < 4.78 is 6.05. The Morgan fingerprint density at radius 3 is 2.15 bits per heavy atom. The summed E-state index contributed by atoms with van der Waals surface area (Å²) in [7, 11) is 0. The SMILES string of the molecule is NC(=O)C1CCCN(Cc2ccc(NC(=O)COC(c3ccccc3)c3ccccc3)cc2)C1. The van der Waals surface area contributed by atoms with E-state index in [1.54, 1.807) is 0 Å². The van der Waals surface area contributed by atoms with Gasteiger partial charge in [0.05, 0.1) is 5.92 Å². The molecule has 3 aromatic rings. The average molecular weight is 458 g/mol. The molecule has 0 saturated carbocycles. The van der Waals surface area contributed by atoms with Crippen LogP contribution in [0.4, 0.5) is 5.69 Å². The van der Waals surface area contributed by atoms with Gasteiger partial charge in [-0.05, 0) is 48.2 Å². The molecule has 34 heavy (non-hydrogen) atoms. The zero-order valence-electron chi connectivity index (χ0n) is 19.2. The molecule has 1 saturated heterocycles. The topological polar surface area (TPSA) is 84.7 Å². The van der Waals surface area contributed by atoms with Gasteiger partial charge in [0.25, 0.3) is 0 Å². The molecule has 176 valence electrons. The number of ether oxygens (including phenoxy) is 1. The number of amides is 2. The van der Waals surface area contributed by atoms with Crippen LogP contribution in [-0.2, 0) is 20.9 Å². The van der Waals surface area contributed by atoms with Crippen LogP contribution >= 0.6 is 0 Å². The highest BCUT2D eigenvalue weighted by Gasteiger charge is 2.23. The number of carbonyl (C=O) groups excluding carboxylic acids is 2. The number of likely N-dealkylation sites (tertiary alicyclic amines) is 1. The molecule has 1 fully saturated rings. The van der Waals surface area contributed by atoms with Crippen LogP contribution < -0.4 is 11.1 Å². The molecule has 1 aliphatic heterocycles. The van der Waals surface area contributed by atoms with Gasteiger partial charge >= 0.3 is 0 Å². The van der Waals surface area contributed by atoms with Gasteiger partial charge < -0.3 is 15.8 Å². The van der Waals surface area contributed by atoms with Gasteiger partial charge in [-0.2, -0.15) is 0 Å². The first kappa shape index (κ1) is 23.7. The summed E-state index contributed by atoms with van der Waals surface area (Å²) in [6, 6.07) is 27.6. The van der Waals surface area contributed by atoms with Gasteiger partial charge in [0, 0.05) is 18.8 Å². The van der Waals surface area contributed by atoms with Gasteiger partial charge in [-0.25, -0.2) is 0 Å². The number of benzene rings is 3. The van der Waals surface area contributed by atoms with Crippen molar-refractivity contribution in [2.45, 2.75) is 25.5 Å². The van der Waals surface area contributed by atoms with Crippen molar-refractivity contribution in [3.05, 3.63) is 102 Å². The van der Waals surface area contributed by atoms with Gasteiger partial charge in [0.15, 0.2) is 0 Å². The molecule has 2 amide bonds. The summed E-state index contributed by atoms with van der Waals surface area (Å²) in [5, 5.41) is 2.91. The molecule has 1 unspecified atom stereocenters. The van der Waals surface area contributed by atoms with Crippen LogP contribution in [0.1, 0.15) is 35.6 Å². The Morgan fingerprint density at radius 1 is 0.941 bits per heavy atom. The van der Waals surface area contributed by atoms with Crippen LogP contribution in [0.3, 0.4) is 0 Å². The minimum atomic E-state index is -0.315. The third kappa shape index (κ3) is 6.53. The lowest BCUT2D eigenvalue weighted by atomic mass is 9.97. The van der Waals surface area contributed by atoms with Crippen molar-refractivity contribution < 1.29 is 14.3 Å². The zero-order chi connectivity index (χ0) is 23.8. The number of hydrogen-bond acceptors (Lipinski definition) is 4.